The summed E-state index contributed by atoms with van der Waals surface area (Å²) in [5.74, 6) is 0. The first-order chi connectivity index (χ1) is 8.43. The maximum Gasteiger partial charge on any atom is 0.410 e. The topological polar surface area (TPSA) is 58.2 Å². The van der Waals surface area contributed by atoms with Crippen LogP contribution in [0.15, 0.2) is 12.3 Å². The van der Waals surface area contributed by atoms with Gasteiger partial charge in [-0.1, -0.05) is 26.8 Å². The summed E-state index contributed by atoms with van der Waals surface area (Å²) >= 11 is 0. The van der Waals surface area contributed by atoms with Gasteiger partial charge >= 0.3 is 6.09 Å². The number of carbonyl (C=O) groups is 1. The number of aromatic nitrogens is 2. The minimum Gasteiger partial charge on any atom is -0.453 e. The Kier molecular flexibility index (Phi) is 3.15. The number of carbonyl (C=O) groups excluding carboxylic acids is 1. The first-order valence-electron chi connectivity index (χ1n) is 6.00. The molecule has 0 bridgehead atoms. The summed E-state index contributed by atoms with van der Waals surface area (Å²) in [7, 11) is 1.40. The van der Waals surface area contributed by atoms with Crippen molar-refractivity contribution in [3.8, 4) is 0 Å². The third-order valence-corrected chi connectivity index (χ3v) is 3.10. The van der Waals surface area contributed by atoms with Crippen molar-refractivity contribution in [2.75, 3.05) is 20.2 Å². The van der Waals surface area contributed by atoms with Crippen LogP contribution in [-0.4, -0.2) is 41.4 Å². The number of nitrogens with zero attached hydrogens (tertiary/aromatic N) is 2. The molecule has 1 amide bonds. The number of hydrogen-bond donors (Lipinski definition) is 1. The molecular formula is C13H19N3O2. The molecule has 0 aromatic carbocycles. The Morgan fingerprint density at radius 2 is 2.22 bits per heavy atom. The standard InChI is InChI=1S/C13H19N3O2/c1-13(2,3)10-7-14-15-11(10)9-5-6-16(8-9)12(17)18-4/h5,7H,6,8H2,1-4H3,(H,14,15). The molecular weight excluding hydrogens is 230 g/mol. The Hall–Kier alpha value is -1.78. The molecule has 1 aliphatic heterocycles. The summed E-state index contributed by atoms with van der Waals surface area (Å²) in [4.78, 5) is 13.1. The van der Waals surface area contributed by atoms with Crippen molar-refractivity contribution in [2.24, 2.45) is 0 Å². The first-order valence-corrected chi connectivity index (χ1v) is 6.00. The molecule has 1 aliphatic rings. The van der Waals surface area contributed by atoms with Crippen LogP contribution in [0.4, 0.5) is 4.79 Å². The SMILES string of the molecule is COC(=O)N1CC=C(c2n[nH]cc2C(C)(C)C)C1. The molecule has 2 heterocycles. The maximum absolute atomic E-state index is 11.5. The third-order valence-electron chi connectivity index (χ3n) is 3.10. The molecule has 0 saturated heterocycles. The fourth-order valence-corrected chi connectivity index (χ4v) is 2.10. The fraction of sp³-hybridized carbons (Fsp3) is 0.538. The molecule has 0 aliphatic carbocycles. The number of nitrogens with one attached hydrogen (secondary N) is 1. The van der Waals surface area contributed by atoms with Crippen LogP contribution in [-0.2, 0) is 10.2 Å². The average Bonchev–Trinajstić information content (AvgIpc) is 2.94. The Morgan fingerprint density at radius 1 is 1.50 bits per heavy atom. The molecule has 2 rings (SSSR count). The summed E-state index contributed by atoms with van der Waals surface area (Å²) in [5, 5.41) is 7.23. The maximum atomic E-state index is 11.5. The van der Waals surface area contributed by atoms with Crippen LogP contribution in [0.2, 0.25) is 0 Å². The molecule has 0 unspecified atom stereocenters. The zero-order valence-electron chi connectivity index (χ0n) is 11.3. The number of amides is 1. The summed E-state index contributed by atoms with van der Waals surface area (Å²) in [5.41, 5.74) is 3.22. The van der Waals surface area contributed by atoms with Gasteiger partial charge in [-0.3, -0.25) is 5.10 Å². The predicted molar refractivity (Wildman–Crippen MR) is 69.2 cm³/mol. The lowest BCUT2D eigenvalue weighted by atomic mass is 9.86. The van der Waals surface area contributed by atoms with Crippen LogP contribution in [0.1, 0.15) is 32.0 Å². The first kappa shape index (κ1) is 12.7. The normalized spacial score (nSPS) is 15.8. The van der Waals surface area contributed by atoms with Gasteiger partial charge in [0, 0.05) is 18.3 Å². The van der Waals surface area contributed by atoms with Gasteiger partial charge in [-0.05, 0) is 11.0 Å². The predicted octanol–water partition coefficient (Wildman–Crippen LogP) is 2.17. The van der Waals surface area contributed by atoms with E-state index in [1.54, 1.807) is 4.90 Å². The molecule has 0 saturated carbocycles. The number of hydrogen-bond acceptors (Lipinski definition) is 3. The Bertz CT molecular complexity index is 483. The number of aromatic amines is 1. The van der Waals surface area contributed by atoms with E-state index in [4.69, 9.17) is 4.74 Å². The van der Waals surface area contributed by atoms with Crippen molar-refractivity contribution in [3.05, 3.63) is 23.5 Å². The smallest absolute Gasteiger partial charge is 0.410 e. The van der Waals surface area contributed by atoms with Crippen molar-refractivity contribution in [1.29, 1.82) is 0 Å². The van der Waals surface area contributed by atoms with Gasteiger partial charge in [0.15, 0.2) is 0 Å². The molecule has 5 nitrogen and oxygen atoms in total. The number of H-pyrrole nitrogens is 1. The summed E-state index contributed by atoms with van der Waals surface area (Å²) in [6, 6.07) is 0. The number of rotatable bonds is 1. The lowest BCUT2D eigenvalue weighted by Crippen LogP contribution is -2.28. The van der Waals surface area contributed by atoms with E-state index in [-0.39, 0.29) is 11.5 Å². The van der Waals surface area contributed by atoms with E-state index in [0.29, 0.717) is 13.1 Å². The lowest BCUT2D eigenvalue weighted by Gasteiger charge is -2.19. The van der Waals surface area contributed by atoms with Crippen molar-refractivity contribution >= 4 is 11.7 Å². The van der Waals surface area contributed by atoms with Gasteiger partial charge in [-0.2, -0.15) is 5.10 Å². The minimum atomic E-state index is -0.297. The largest absolute Gasteiger partial charge is 0.453 e. The number of ether oxygens (including phenoxy) is 1. The van der Waals surface area contributed by atoms with E-state index in [2.05, 4.69) is 31.0 Å². The fourth-order valence-electron chi connectivity index (χ4n) is 2.10. The van der Waals surface area contributed by atoms with Crippen molar-refractivity contribution in [2.45, 2.75) is 26.2 Å². The van der Waals surface area contributed by atoms with E-state index in [9.17, 15) is 4.79 Å². The van der Waals surface area contributed by atoms with Crippen molar-refractivity contribution in [1.82, 2.24) is 15.1 Å². The van der Waals surface area contributed by atoms with Crippen LogP contribution >= 0.6 is 0 Å². The molecule has 5 heteroatoms. The van der Waals surface area contributed by atoms with E-state index in [1.165, 1.54) is 12.7 Å². The second-order valence-electron chi connectivity index (χ2n) is 5.48. The van der Waals surface area contributed by atoms with Crippen LogP contribution in [0.5, 0.6) is 0 Å². The highest BCUT2D eigenvalue weighted by Gasteiger charge is 2.27. The van der Waals surface area contributed by atoms with Crippen molar-refractivity contribution < 1.29 is 9.53 Å². The summed E-state index contributed by atoms with van der Waals surface area (Å²) in [6.07, 6.45) is 3.66. The van der Waals surface area contributed by atoms with Crippen LogP contribution in [0.3, 0.4) is 0 Å². The van der Waals surface area contributed by atoms with Crippen LogP contribution < -0.4 is 0 Å². The summed E-state index contributed by atoms with van der Waals surface area (Å²) < 4.78 is 4.72. The third kappa shape index (κ3) is 2.25. The molecule has 1 aromatic rings. The second-order valence-corrected chi connectivity index (χ2v) is 5.48. The van der Waals surface area contributed by atoms with Gasteiger partial charge in [0.2, 0.25) is 0 Å². The van der Waals surface area contributed by atoms with E-state index in [0.717, 1.165) is 11.3 Å². The van der Waals surface area contributed by atoms with Gasteiger partial charge in [0.25, 0.3) is 0 Å². The van der Waals surface area contributed by atoms with E-state index >= 15 is 0 Å². The molecule has 0 atom stereocenters. The van der Waals surface area contributed by atoms with Gasteiger partial charge in [0.05, 0.1) is 19.3 Å². The molecule has 0 radical (unpaired) electrons. The van der Waals surface area contributed by atoms with Crippen LogP contribution in [0, 0.1) is 0 Å². The highest BCUT2D eigenvalue weighted by Crippen LogP contribution is 2.30. The monoisotopic (exact) mass is 249 g/mol. The Morgan fingerprint density at radius 3 is 2.83 bits per heavy atom. The molecule has 1 N–H and O–H groups in total. The number of methoxy groups -OCH3 is 1. The van der Waals surface area contributed by atoms with Crippen LogP contribution in [0.25, 0.3) is 5.57 Å². The molecule has 0 fully saturated rings. The second kappa shape index (κ2) is 4.48. The Labute approximate surface area is 107 Å². The minimum absolute atomic E-state index is 0.0296. The van der Waals surface area contributed by atoms with E-state index < -0.39 is 0 Å². The summed E-state index contributed by atoms with van der Waals surface area (Å²) in [6.45, 7) is 7.58. The lowest BCUT2D eigenvalue weighted by molar-refractivity contribution is 0.135. The highest BCUT2D eigenvalue weighted by atomic mass is 16.5. The van der Waals surface area contributed by atoms with Crippen molar-refractivity contribution in [3.63, 3.8) is 0 Å². The zero-order chi connectivity index (χ0) is 13.3. The molecule has 18 heavy (non-hydrogen) atoms. The van der Waals surface area contributed by atoms with E-state index in [1.807, 2.05) is 12.3 Å². The Balaban J connectivity index is 2.20. The zero-order valence-corrected chi connectivity index (χ0v) is 11.3. The molecule has 0 spiro atoms. The molecule has 98 valence electrons. The van der Waals surface area contributed by atoms with Gasteiger partial charge in [-0.25, -0.2) is 4.79 Å². The highest BCUT2D eigenvalue weighted by molar-refractivity contribution is 5.77. The van der Waals surface area contributed by atoms with Gasteiger partial charge in [0.1, 0.15) is 0 Å². The average molecular weight is 249 g/mol. The van der Waals surface area contributed by atoms with Gasteiger partial charge in [-0.15, -0.1) is 0 Å². The van der Waals surface area contributed by atoms with Gasteiger partial charge < -0.3 is 9.64 Å². The quantitative estimate of drug-likeness (QED) is 0.829. The molecule has 1 aromatic heterocycles.